The first-order valence-electron chi connectivity index (χ1n) is 5.69. The molecule has 2 rings (SSSR count). The van der Waals surface area contributed by atoms with E-state index in [1.165, 1.54) is 12.8 Å². The number of nitrogens with one attached hydrogen (secondary N) is 2. The molecule has 0 aliphatic carbocycles. The average molecular weight is 216 g/mol. The monoisotopic (exact) mass is 216 g/mol. The zero-order chi connectivity index (χ0) is 11.2. The van der Waals surface area contributed by atoms with Crippen LogP contribution in [0, 0.1) is 17.2 Å². The van der Waals surface area contributed by atoms with Gasteiger partial charge in [-0.2, -0.15) is 5.26 Å². The minimum Gasteiger partial charge on any atom is -0.382 e. The lowest BCUT2D eigenvalue weighted by atomic mass is 9.98. The van der Waals surface area contributed by atoms with Crippen molar-refractivity contribution in [3.05, 3.63) is 24.0 Å². The van der Waals surface area contributed by atoms with Crippen LogP contribution in [0.3, 0.4) is 0 Å². The molecule has 2 heterocycles. The maximum Gasteiger partial charge on any atom is 0.101 e. The first kappa shape index (κ1) is 10.9. The predicted octanol–water partition coefficient (Wildman–Crippen LogP) is 1.36. The second kappa shape index (κ2) is 5.47. The van der Waals surface area contributed by atoms with Crippen LogP contribution in [0.4, 0.5) is 5.69 Å². The Morgan fingerprint density at radius 1 is 1.50 bits per heavy atom. The van der Waals surface area contributed by atoms with Gasteiger partial charge in [-0.15, -0.1) is 0 Å². The van der Waals surface area contributed by atoms with Crippen molar-refractivity contribution in [1.29, 1.82) is 5.26 Å². The summed E-state index contributed by atoms with van der Waals surface area (Å²) in [5.74, 6) is 0.702. The lowest BCUT2D eigenvalue weighted by Crippen LogP contribution is -2.31. The molecule has 0 unspecified atom stereocenters. The van der Waals surface area contributed by atoms with Gasteiger partial charge in [0.1, 0.15) is 6.07 Å². The molecule has 1 saturated heterocycles. The van der Waals surface area contributed by atoms with Gasteiger partial charge in [-0.3, -0.25) is 4.98 Å². The number of hydrogen-bond acceptors (Lipinski definition) is 4. The zero-order valence-corrected chi connectivity index (χ0v) is 9.24. The lowest BCUT2D eigenvalue weighted by molar-refractivity contribution is 0.390. The molecule has 4 nitrogen and oxygen atoms in total. The second-order valence-electron chi connectivity index (χ2n) is 4.11. The van der Waals surface area contributed by atoms with E-state index in [2.05, 4.69) is 21.7 Å². The molecule has 0 amide bonds. The summed E-state index contributed by atoms with van der Waals surface area (Å²) >= 11 is 0. The molecule has 1 aliphatic heterocycles. The van der Waals surface area contributed by atoms with Gasteiger partial charge in [0.2, 0.25) is 0 Å². The third-order valence-electron chi connectivity index (χ3n) is 2.98. The first-order chi connectivity index (χ1) is 7.90. The highest BCUT2D eigenvalue weighted by Crippen LogP contribution is 2.16. The topological polar surface area (TPSA) is 60.7 Å². The lowest BCUT2D eigenvalue weighted by Gasteiger charge is -2.23. The largest absolute Gasteiger partial charge is 0.382 e. The van der Waals surface area contributed by atoms with Crippen LogP contribution in [0.1, 0.15) is 18.4 Å². The predicted molar refractivity (Wildman–Crippen MR) is 63.0 cm³/mol. The average Bonchev–Trinajstić information content (AvgIpc) is 2.38. The Balaban J connectivity index is 1.91. The summed E-state index contributed by atoms with van der Waals surface area (Å²) in [5, 5.41) is 15.6. The molecule has 0 aromatic carbocycles. The molecule has 16 heavy (non-hydrogen) atoms. The van der Waals surface area contributed by atoms with Crippen molar-refractivity contribution in [3.8, 4) is 6.07 Å². The third kappa shape index (κ3) is 2.71. The molecule has 1 aromatic rings. The number of aromatic nitrogens is 1. The van der Waals surface area contributed by atoms with Gasteiger partial charge in [0, 0.05) is 12.7 Å². The van der Waals surface area contributed by atoms with Crippen LogP contribution in [0.15, 0.2) is 18.5 Å². The third-order valence-corrected chi connectivity index (χ3v) is 2.98. The maximum atomic E-state index is 8.93. The van der Waals surface area contributed by atoms with Crippen molar-refractivity contribution >= 4 is 5.69 Å². The summed E-state index contributed by atoms with van der Waals surface area (Å²) in [7, 11) is 0. The molecular weight excluding hydrogens is 200 g/mol. The van der Waals surface area contributed by atoms with Gasteiger partial charge in [0.25, 0.3) is 0 Å². The molecule has 0 bridgehead atoms. The van der Waals surface area contributed by atoms with E-state index in [9.17, 15) is 0 Å². The highest BCUT2D eigenvalue weighted by Gasteiger charge is 2.13. The Labute approximate surface area is 95.7 Å². The first-order valence-corrected chi connectivity index (χ1v) is 5.69. The molecule has 0 saturated carbocycles. The molecule has 0 spiro atoms. The van der Waals surface area contributed by atoms with Crippen LogP contribution in [-0.4, -0.2) is 24.6 Å². The quantitative estimate of drug-likeness (QED) is 0.801. The van der Waals surface area contributed by atoms with Crippen LogP contribution in [-0.2, 0) is 0 Å². The normalized spacial score (nSPS) is 16.7. The molecular formula is C12H16N4. The highest BCUT2D eigenvalue weighted by molar-refractivity contribution is 5.55. The van der Waals surface area contributed by atoms with Gasteiger partial charge in [-0.25, -0.2) is 0 Å². The van der Waals surface area contributed by atoms with Crippen molar-refractivity contribution in [3.63, 3.8) is 0 Å². The van der Waals surface area contributed by atoms with Crippen LogP contribution < -0.4 is 10.6 Å². The van der Waals surface area contributed by atoms with Gasteiger partial charge in [-0.1, -0.05) is 0 Å². The van der Waals surface area contributed by atoms with Crippen molar-refractivity contribution in [1.82, 2.24) is 10.3 Å². The Kier molecular flexibility index (Phi) is 3.73. The van der Waals surface area contributed by atoms with E-state index in [0.717, 1.165) is 25.3 Å². The number of hydrogen-bond donors (Lipinski definition) is 2. The van der Waals surface area contributed by atoms with Gasteiger partial charge in [0.05, 0.1) is 17.4 Å². The Bertz CT molecular complexity index is 377. The summed E-state index contributed by atoms with van der Waals surface area (Å²) in [6.45, 7) is 3.14. The van der Waals surface area contributed by atoms with E-state index >= 15 is 0 Å². The number of rotatable bonds is 3. The minimum absolute atomic E-state index is 0.670. The van der Waals surface area contributed by atoms with Crippen LogP contribution >= 0.6 is 0 Å². The van der Waals surface area contributed by atoms with Crippen LogP contribution in [0.2, 0.25) is 0 Å². The zero-order valence-electron chi connectivity index (χ0n) is 9.24. The number of nitriles is 1. The van der Waals surface area contributed by atoms with E-state index in [0.29, 0.717) is 11.5 Å². The van der Waals surface area contributed by atoms with Gasteiger partial charge >= 0.3 is 0 Å². The van der Waals surface area contributed by atoms with Gasteiger partial charge < -0.3 is 10.6 Å². The van der Waals surface area contributed by atoms with Crippen molar-refractivity contribution in [2.24, 2.45) is 5.92 Å². The Morgan fingerprint density at radius 3 is 3.06 bits per heavy atom. The standard InChI is InChI=1S/C12H16N4/c13-7-11-3-6-15-9-12(11)16-8-10-1-4-14-5-2-10/h3,6,9-10,14,16H,1-2,4-5,8H2. The second-order valence-corrected chi connectivity index (χ2v) is 4.11. The molecule has 0 radical (unpaired) electrons. The SMILES string of the molecule is N#Cc1ccncc1NCC1CCNCC1. The molecule has 1 aliphatic rings. The van der Waals surface area contributed by atoms with Crippen LogP contribution in [0.25, 0.3) is 0 Å². The molecule has 2 N–H and O–H groups in total. The molecule has 1 aromatic heterocycles. The fourth-order valence-electron chi connectivity index (χ4n) is 1.97. The number of anilines is 1. The summed E-state index contributed by atoms with van der Waals surface area (Å²) in [4.78, 5) is 4.03. The number of nitrogens with zero attached hydrogens (tertiary/aromatic N) is 2. The molecule has 0 atom stereocenters. The molecule has 1 fully saturated rings. The summed E-state index contributed by atoms with van der Waals surface area (Å²) < 4.78 is 0. The van der Waals surface area contributed by atoms with Gasteiger partial charge in [0.15, 0.2) is 0 Å². The Hall–Kier alpha value is -1.60. The fraction of sp³-hybridized carbons (Fsp3) is 0.500. The van der Waals surface area contributed by atoms with E-state index in [-0.39, 0.29) is 0 Å². The van der Waals surface area contributed by atoms with Crippen molar-refractivity contribution in [2.45, 2.75) is 12.8 Å². The van der Waals surface area contributed by atoms with Crippen molar-refractivity contribution < 1.29 is 0 Å². The smallest absolute Gasteiger partial charge is 0.101 e. The van der Waals surface area contributed by atoms with Gasteiger partial charge in [-0.05, 0) is 37.9 Å². The molecule has 84 valence electrons. The van der Waals surface area contributed by atoms with E-state index in [1.807, 2.05) is 0 Å². The summed E-state index contributed by atoms with van der Waals surface area (Å²) in [6.07, 6.45) is 5.78. The highest BCUT2D eigenvalue weighted by atomic mass is 14.9. The molecule has 4 heteroatoms. The van der Waals surface area contributed by atoms with Crippen LogP contribution in [0.5, 0.6) is 0 Å². The number of pyridine rings is 1. The number of piperidine rings is 1. The Morgan fingerprint density at radius 2 is 2.31 bits per heavy atom. The summed E-state index contributed by atoms with van der Waals surface area (Å²) in [6, 6.07) is 3.91. The maximum absolute atomic E-state index is 8.93. The summed E-state index contributed by atoms with van der Waals surface area (Å²) in [5.41, 5.74) is 1.52. The van der Waals surface area contributed by atoms with E-state index in [4.69, 9.17) is 5.26 Å². The van der Waals surface area contributed by atoms with E-state index in [1.54, 1.807) is 18.5 Å². The fourth-order valence-corrected chi connectivity index (χ4v) is 1.97. The van der Waals surface area contributed by atoms with Crippen molar-refractivity contribution in [2.75, 3.05) is 25.0 Å². The minimum atomic E-state index is 0.670. The van der Waals surface area contributed by atoms with E-state index < -0.39 is 0 Å².